The average molecular weight is 436 g/mol. The number of unbranched alkanes of at least 4 members (excludes halogenated alkanes) is 1. The average Bonchev–Trinajstić information content (AvgIpc) is 3.06. The van der Waals surface area contributed by atoms with E-state index < -0.39 is 0 Å². The van der Waals surface area contributed by atoms with Crippen LogP contribution in [0.5, 0.6) is 0 Å². The Morgan fingerprint density at radius 3 is 2.48 bits per heavy atom. The molecular formula is C17H33IN4O. The van der Waals surface area contributed by atoms with Gasteiger partial charge in [0.25, 0.3) is 0 Å². The van der Waals surface area contributed by atoms with Crippen LogP contribution < -0.4 is 5.32 Å². The maximum Gasteiger partial charge on any atom is 0.193 e. The summed E-state index contributed by atoms with van der Waals surface area (Å²) in [5.74, 6) is 1.94. The van der Waals surface area contributed by atoms with E-state index in [2.05, 4.69) is 47.9 Å². The van der Waals surface area contributed by atoms with E-state index in [-0.39, 0.29) is 30.0 Å². The Bertz CT molecular complexity index is 418. The summed E-state index contributed by atoms with van der Waals surface area (Å²) in [6.45, 7) is 10.4. The second kappa shape index (κ2) is 12.6. The van der Waals surface area contributed by atoms with Gasteiger partial charge in [0.05, 0.1) is 12.3 Å². The van der Waals surface area contributed by atoms with Crippen LogP contribution in [0.2, 0.25) is 0 Å². The van der Waals surface area contributed by atoms with Crippen LogP contribution in [-0.4, -0.2) is 56.0 Å². The summed E-state index contributed by atoms with van der Waals surface area (Å²) in [7, 11) is 3.92. The summed E-state index contributed by atoms with van der Waals surface area (Å²) < 4.78 is 5.64. The molecule has 1 N–H and O–H groups in total. The maximum atomic E-state index is 5.64. The molecule has 0 aliphatic heterocycles. The van der Waals surface area contributed by atoms with Gasteiger partial charge in [-0.2, -0.15) is 0 Å². The minimum absolute atomic E-state index is 0. The quantitative estimate of drug-likeness (QED) is 0.365. The number of nitrogens with one attached hydrogen (secondary N) is 1. The van der Waals surface area contributed by atoms with E-state index in [4.69, 9.17) is 4.42 Å². The van der Waals surface area contributed by atoms with Crippen LogP contribution in [0.3, 0.4) is 0 Å². The molecule has 0 bridgehead atoms. The molecule has 1 unspecified atom stereocenters. The zero-order valence-electron chi connectivity index (χ0n) is 15.2. The van der Waals surface area contributed by atoms with Gasteiger partial charge in [0.1, 0.15) is 5.76 Å². The Balaban J connectivity index is 0.00000484. The van der Waals surface area contributed by atoms with Crippen LogP contribution in [0.4, 0.5) is 0 Å². The van der Waals surface area contributed by atoms with E-state index in [1.165, 1.54) is 12.8 Å². The molecule has 23 heavy (non-hydrogen) atoms. The Kier molecular flexibility index (Phi) is 12.2. The summed E-state index contributed by atoms with van der Waals surface area (Å²) in [6.07, 6.45) is 4.11. The highest BCUT2D eigenvalue weighted by molar-refractivity contribution is 14.0. The number of furan rings is 1. The van der Waals surface area contributed by atoms with Crippen molar-refractivity contribution in [1.82, 2.24) is 15.1 Å². The summed E-state index contributed by atoms with van der Waals surface area (Å²) in [5.41, 5.74) is 0. The molecule has 1 heterocycles. The van der Waals surface area contributed by atoms with Crippen molar-refractivity contribution in [2.75, 3.05) is 40.3 Å². The molecule has 1 aromatic heterocycles. The van der Waals surface area contributed by atoms with Gasteiger partial charge in [0.2, 0.25) is 0 Å². The lowest BCUT2D eigenvalue weighted by molar-refractivity contribution is 0.192. The van der Waals surface area contributed by atoms with Gasteiger partial charge in [0.15, 0.2) is 5.96 Å². The highest BCUT2D eigenvalue weighted by atomic mass is 127. The minimum atomic E-state index is 0. The van der Waals surface area contributed by atoms with E-state index in [1.54, 1.807) is 6.26 Å². The number of nitrogens with zero attached hydrogens (tertiary/aromatic N) is 3. The van der Waals surface area contributed by atoms with Gasteiger partial charge >= 0.3 is 0 Å². The first-order chi connectivity index (χ1) is 10.7. The largest absolute Gasteiger partial charge is 0.468 e. The van der Waals surface area contributed by atoms with E-state index in [0.717, 1.165) is 37.9 Å². The fourth-order valence-corrected chi connectivity index (χ4v) is 2.63. The van der Waals surface area contributed by atoms with Crippen molar-refractivity contribution in [3.8, 4) is 0 Å². The van der Waals surface area contributed by atoms with E-state index in [9.17, 15) is 0 Å². The molecule has 6 heteroatoms. The second-order valence-corrected chi connectivity index (χ2v) is 5.46. The van der Waals surface area contributed by atoms with Crippen molar-refractivity contribution in [3.63, 3.8) is 0 Å². The van der Waals surface area contributed by atoms with Crippen LogP contribution in [0.15, 0.2) is 27.8 Å². The van der Waals surface area contributed by atoms with Crippen molar-refractivity contribution < 1.29 is 4.42 Å². The highest BCUT2D eigenvalue weighted by Crippen LogP contribution is 2.20. The number of hydrogen-bond acceptors (Lipinski definition) is 3. The number of rotatable bonds is 9. The number of guanidine groups is 1. The van der Waals surface area contributed by atoms with E-state index >= 15 is 0 Å². The predicted octanol–water partition coefficient (Wildman–Crippen LogP) is 3.59. The number of hydrogen-bond donors (Lipinski definition) is 1. The minimum Gasteiger partial charge on any atom is -0.468 e. The van der Waals surface area contributed by atoms with Crippen molar-refractivity contribution in [3.05, 3.63) is 24.2 Å². The summed E-state index contributed by atoms with van der Waals surface area (Å²) >= 11 is 0. The third-order valence-electron chi connectivity index (χ3n) is 4.00. The second-order valence-electron chi connectivity index (χ2n) is 5.46. The predicted molar refractivity (Wildman–Crippen MR) is 109 cm³/mol. The highest BCUT2D eigenvalue weighted by Gasteiger charge is 2.21. The van der Waals surface area contributed by atoms with Crippen LogP contribution in [0.25, 0.3) is 0 Å². The van der Waals surface area contributed by atoms with Gasteiger partial charge in [-0.15, -0.1) is 24.0 Å². The van der Waals surface area contributed by atoms with Gasteiger partial charge < -0.3 is 14.6 Å². The molecule has 0 radical (unpaired) electrons. The lowest BCUT2D eigenvalue weighted by Gasteiger charge is -2.30. The SMILES string of the molecule is CCCCN(C)C(=NC)NCC(c1ccco1)N(CC)CC.I. The van der Waals surface area contributed by atoms with Crippen LogP contribution in [-0.2, 0) is 0 Å². The Labute approximate surface area is 158 Å². The summed E-state index contributed by atoms with van der Waals surface area (Å²) in [5, 5.41) is 3.49. The smallest absolute Gasteiger partial charge is 0.193 e. The maximum absolute atomic E-state index is 5.64. The molecule has 1 aromatic rings. The molecule has 1 atom stereocenters. The fraction of sp³-hybridized carbons (Fsp3) is 0.706. The van der Waals surface area contributed by atoms with Gasteiger partial charge in [-0.1, -0.05) is 27.2 Å². The fourth-order valence-electron chi connectivity index (χ4n) is 2.63. The van der Waals surface area contributed by atoms with Crippen molar-refractivity contribution in [1.29, 1.82) is 0 Å². The van der Waals surface area contributed by atoms with Crippen LogP contribution in [0, 0.1) is 0 Å². The molecule has 0 fully saturated rings. The van der Waals surface area contributed by atoms with Gasteiger partial charge in [0, 0.05) is 27.2 Å². The van der Waals surface area contributed by atoms with E-state index in [1.807, 2.05) is 19.2 Å². The molecule has 134 valence electrons. The van der Waals surface area contributed by atoms with Crippen molar-refractivity contribution in [2.24, 2.45) is 4.99 Å². The standard InChI is InChI=1S/C17H32N4O.HI/c1-6-9-12-20(5)17(18-4)19-14-15(21(7-2)8-3)16-11-10-13-22-16;/h10-11,13,15H,6-9,12,14H2,1-5H3,(H,18,19);1H. The first-order valence-electron chi connectivity index (χ1n) is 8.37. The zero-order valence-corrected chi connectivity index (χ0v) is 17.5. The molecule has 0 spiro atoms. The summed E-state index contributed by atoms with van der Waals surface area (Å²) in [4.78, 5) is 8.97. The molecule has 0 aliphatic carbocycles. The van der Waals surface area contributed by atoms with E-state index in [0.29, 0.717) is 0 Å². The summed E-state index contributed by atoms with van der Waals surface area (Å²) in [6, 6.07) is 4.23. The molecule has 0 amide bonds. The van der Waals surface area contributed by atoms with Crippen LogP contribution >= 0.6 is 24.0 Å². The molecule has 0 aromatic carbocycles. The Hall–Kier alpha value is -0.760. The number of halogens is 1. The zero-order chi connectivity index (χ0) is 16.4. The van der Waals surface area contributed by atoms with Gasteiger partial charge in [-0.05, 0) is 31.6 Å². The molecule has 0 aliphatic rings. The molecule has 5 nitrogen and oxygen atoms in total. The third kappa shape index (κ3) is 7.12. The molecule has 0 saturated carbocycles. The topological polar surface area (TPSA) is 44.0 Å². The van der Waals surface area contributed by atoms with Crippen LogP contribution in [0.1, 0.15) is 45.4 Å². The Morgan fingerprint density at radius 2 is 2.00 bits per heavy atom. The monoisotopic (exact) mass is 436 g/mol. The van der Waals surface area contributed by atoms with Gasteiger partial charge in [-0.3, -0.25) is 9.89 Å². The Morgan fingerprint density at radius 1 is 1.30 bits per heavy atom. The molecule has 1 rings (SSSR count). The first kappa shape index (κ1) is 22.2. The molecular weight excluding hydrogens is 403 g/mol. The first-order valence-corrected chi connectivity index (χ1v) is 8.37. The number of aliphatic imine (C=N–C) groups is 1. The normalized spacial score (nSPS) is 12.9. The lowest BCUT2D eigenvalue weighted by atomic mass is 10.2. The third-order valence-corrected chi connectivity index (χ3v) is 4.00. The number of likely N-dealkylation sites (N-methyl/N-ethyl adjacent to an activating group) is 1. The lowest BCUT2D eigenvalue weighted by Crippen LogP contribution is -2.44. The van der Waals surface area contributed by atoms with Gasteiger partial charge in [-0.25, -0.2) is 0 Å². The van der Waals surface area contributed by atoms with Crippen molar-refractivity contribution in [2.45, 2.75) is 39.7 Å². The molecule has 0 saturated heterocycles. The van der Waals surface area contributed by atoms with Crippen molar-refractivity contribution >= 4 is 29.9 Å².